The van der Waals surface area contributed by atoms with Gasteiger partial charge in [0.05, 0.1) is 0 Å². The predicted octanol–water partition coefficient (Wildman–Crippen LogP) is 2.10. The molecule has 0 radical (unpaired) electrons. The van der Waals surface area contributed by atoms with E-state index in [9.17, 15) is 0 Å². The van der Waals surface area contributed by atoms with E-state index in [1.807, 2.05) is 24.3 Å². The Labute approximate surface area is 111 Å². The van der Waals surface area contributed by atoms with Gasteiger partial charge < -0.3 is 9.84 Å². The second-order valence-electron chi connectivity index (χ2n) is 4.63. The number of hydrogen-bond donors (Lipinski definition) is 1. The van der Waals surface area contributed by atoms with Crippen molar-refractivity contribution in [2.75, 3.05) is 13.1 Å². The zero-order valence-electron chi connectivity index (χ0n) is 10.6. The molecule has 5 nitrogen and oxygen atoms in total. The lowest BCUT2D eigenvalue weighted by molar-refractivity contribution is 0.381. The molecular formula is C14H16N4O. The summed E-state index contributed by atoms with van der Waals surface area (Å²) < 4.78 is 5.25. The molecule has 0 aliphatic carbocycles. The maximum Gasteiger partial charge on any atom is 0.250 e. The van der Waals surface area contributed by atoms with Crippen LogP contribution < -0.4 is 5.32 Å². The Kier molecular flexibility index (Phi) is 3.65. The Morgan fingerprint density at radius 3 is 2.95 bits per heavy atom. The van der Waals surface area contributed by atoms with Gasteiger partial charge >= 0.3 is 0 Å². The summed E-state index contributed by atoms with van der Waals surface area (Å²) >= 11 is 0. The molecule has 19 heavy (non-hydrogen) atoms. The van der Waals surface area contributed by atoms with Gasteiger partial charge in [0.25, 0.3) is 5.89 Å². The number of rotatable bonds is 3. The molecule has 1 aliphatic rings. The number of aromatic nitrogens is 3. The van der Waals surface area contributed by atoms with E-state index in [-0.39, 0.29) is 0 Å². The summed E-state index contributed by atoms with van der Waals surface area (Å²) in [6, 6.07) is 3.88. The van der Waals surface area contributed by atoms with E-state index in [0.29, 0.717) is 11.8 Å². The molecule has 0 aromatic carbocycles. The number of nitrogens with zero attached hydrogens (tertiary/aromatic N) is 3. The molecule has 98 valence electrons. The average Bonchev–Trinajstić information content (AvgIpc) is 2.96. The van der Waals surface area contributed by atoms with Crippen molar-refractivity contribution in [1.82, 2.24) is 20.4 Å². The largest absolute Gasteiger partial charge is 0.335 e. The molecule has 0 unspecified atom stereocenters. The summed E-state index contributed by atoms with van der Waals surface area (Å²) in [5.41, 5.74) is 1.02. The van der Waals surface area contributed by atoms with E-state index in [1.54, 1.807) is 12.4 Å². The van der Waals surface area contributed by atoms with Crippen molar-refractivity contribution in [3.8, 4) is 0 Å². The van der Waals surface area contributed by atoms with Gasteiger partial charge in [0, 0.05) is 24.4 Å². The standard InChI is InChI=1S/C14H16N4O/c1-2-11(10-16-7-1)3-4-13-17-14(18-19-13)12-5-8-15-9-6-12/h1-4,7,10,12,15H,5-6,8-9H2/b4-3+. The van der Waals surface area contributed by atoms with Crippen molar-refractivity contribution >= 4 is 12.2 Å². The normalized spacial score (nSPS) is 17.1. The van der Waals surface area contributed by atoms with Gasteiger partial charge in [-0.25, -0.2) is 0 Å². The summed E-state index contributed by atoms with van der Waals surface area (Å²) in [5.74, 6) is 1.80. The zero-order chi connectivity index (χ0) is 12.9. The quantitative estimate of drug-likeness (QED) is 0.911. The van der Waals surface area contributed by atoms with Crippen molar-refractivity contribution < 1.29 is 4.52 Å². The lowest BCUT2D eigenvalue weighted by Gasteiger charge is -2.18. The third-order valence-electron chi connectivity index (χ3n) is 3.26. The van der Waals surface area contributed by atoms with Crippen LogP contribution in [-0.4, -0.2) is 28.2 Å². The Morgan fingerprint density at radius 1 is 1.26 bits per heavy atom. The first kappa shape index (κ1) is 12.0. The number of piperidine rings is 1. The van der Waals surface area contributed by atoms with Crippen LogP contribution >= 0.6 is 0 Å². The monoisotopic (exact) mass is 256 g/mol. The second-order valence-corrected chi connectivity index (χ2v) is 4.63. The van der Waals surface area contributed by atoms with Gasteiger partial charge in [0.15, 0.2) is 5.82 Å². The molecule has 2 aromatic heterocycles. The minimum atomic E-state index is 0.422. The van der Waals surface area contributed by atoms with Crippen molar-refractivity contribution in [1.29, 1.82) is 0 Å². The number of nitrogens with one attached hydrogen (secondary N) is 1. The molecule has 0 saturated carbocycles. The van der Waals surface area contributed by atoms with Crippen molar-refractivity contribution in [3.63, 3.8) is 0 Å². The SMILES string of the molecule is C(=C\c1nc(C2CCNCC2)no1)/c1cccnc1. The van der Waals surface area contributed by atoms with Crippen LogP contribution in [0.1, 0.15) is 36.0 Å². The number of pyridine rings is 1. The van der Waals surface area contributed by atoms with Gasteiger partial charge in [-0.1, -0.05) is 11.2 Å². The van der Waals surface area contributed by atoms with Crippen LogP contribution in [0.25, 0.3) is 12.2 Å². The van der Waals surface area contributed by atoms with Gasteiger partial charge in [0.1, 0.15) is 0 Å². The van der Waals surface area contributed by atoms with Gasteiger partial charge in [-0.2, -0.15) is 4.98 Å². The predicted molar refractivity (Wildman–Crippen MR) is 72.3 cm³/mol. The summed E-state index contributed by atoms with van der Waals surface area (Å²) in [6.07, 6.45) is 9.44. The smallest absolute Gasteiger partial charge is 0.250 e. The minimum Gasteiger partial charge on any atom is -0.335 e. The van der Waals surface area contributed by atoms with Crippen LogP contribution in [0.2, 0.25) is 0 Å². The van der Waals surface area contributed by atoms with Gasteiger partial charge in [-0.15, -0.1) is 0 Å². The van der Waals surface area contributed by atoms with E-state index in [4.69, 9.17) is 4.52 Å². The third-order valence-corrected chi connectivity index (χ3v) is 3.26. The van der Waals surface area contributed by atoms with E-state index < -0.39 is 0 Å². The summed E-state index contributed by atoms with van der Waals surface area (Å²) in [6.45, 7) is 2.06. The minimum absolute atomic E-state index is 0.422. The van der Waals surface area contributed by atoms with Gasteiger partial charge in [-0.05, 0) is 43.6 Å². The highest BCUT2D eigenvalue weighted by molar-refractivity contribution is 5.65. The van der Waals surface area contributed by atoms with Crippen LogP contribution in [-0.2, 0) is 0 Å². The fourth-order valence-corrected chi connectivity index (χ4v) is 2.20. The van der Waals surface area contributed by atoms with E-state index in [2.05, 4.69) is 20.4 Å². The molecule has 1 aliphatic heterocycles. The second kappa shape index (κ2) is 5.75. The molecule has 0 amide bonds. The Balaban J connectivity index is 1.69. The summed E-state index contributed by atoms with van der Waals surface area (Å²) in [5, 5.41) is 7.40. The first-order chi connectivity index (χ1) is 9.42. The highest BCUT2D eigenvalue weighted by Gasteiger charge is 2.19. The topological polar surface area (TPSA) is 63.8 Å². The fraction of sp³-hybridized carbons (Fsp3) is 0.357. The van der Waals surface area contributed by atoms with Gasteiger partial charge in [-0.3, -0.25) is 4.98 Å². The van der Waals surface area contributed by atoms with E-state index in [0.717, 1.165) is 37.3 Å². The Hall–Kier alpha value is -2.01. The van der Waals surface area contributed by atoms with Crippen LogP contribution in [0.4, 0.5) is 0 Å². The van der Waals surface area contributed by atoms with Crippen LogP contribution in [0.15, 0.2) is 29.0 Å². The lowest BCUT2D eigenvalue weighted by Crippen LogP contribution is -2.27. The Bertz CT molecular complexity index is 544. The van der Waals surface area contributed by atoms with Crippen molar-refractivity contribution in [2.45, 2.75) is 18.8 Å². The van der Waals surface area contributed by atoms with E-state index in [1.165, 1.54) is 0 Å². The molecular weight excluding hydrogens is 240 g/mol. The van der Waals surface area contributed by atoms with Crippen LogP contribution in [0.3, 0.4) is 0 Å². The third kappa shape index (κ3) is 3.06. The first-order valence-electron chi connectivity index (χ1n) is 6.54. The molecule has 0 bridgehead atoms. The molecule has 3 heterocycles. The lowest BCUT2D eigenvalue weighted by atomic mass is 9.98. The molecule has 2 aromatic rings. The highest BCUT2D eigenvalue weighted by atomic mass is 16.5. The molecule has 5 heteroatoms. The maximum absolute atomic E-state index is 5.25. The highest BCUT2D eigenvalue weighted by Crippen LogP contribution is 2.22. The molecule has 0 spiro atoms. The maximum atomic E-state index is 5.25. The number of hydrogen-bond acceptors (Lipinski definition) is 5. The zero-order valence-corrected chi connectivity index (χ0v) is 10.6. The van der Waals surface area contributed by atoms with E-state index >= 15 is 0 Å². The average molecular weight is 256 g/mol. The molecule has 0 atom stereocenters. The van der Waals surface area contributed by atoms with Crippen LogP contribution in [0.5, 0.6) is 0 Å². The molecule has 1 saturated heterocycles. The molecule has 3 rings (SSSR count). The summed E-state index contributed by atoms with van der Waals surface area (Å²) in [7, 11) is 0. The van der Waals surface area contributed by atoms with Crippen molar-refractivity contribution in [3.05, 3.63) is 41.8 Å². The first-order valence-corrected chi connectivity index (χ1v) is 6.54. The molecule has 1 N–H and O–H groups in total. The van der Waals surface area contributed by atoms with Crippen molar-refractivity contribution in [2.24, 2.45) is 0 Å². The van der Waals surface area contributed by atoms with Gasteiger partial charge in [0.2, 0.25) is 0 Å². The van der Waals surface area contributed by atoms with Crippen LogP contribution in [0, 0.1) is 0 Å². The Morgan fingerprint density at radius 2 is 2.16 bits per heavy atom. The molecule has 1 fully saturated rings. The fourth-order valence-electron chi connectivity index (χ4n) is 2.20. The summed E-state index contributed by atoms with van der Waals surface area (Å²) in [4.78, 5) is 8.49.